The van der Waals surface area contributed by atoms with Crippen LogP contribution in [0.2, 0.25) is 0 Å². The van der Waals surface area contributed by atoms with E-state index in [0.29, 0.717) is 6.04 Å². The van der Waals surface area contributed by atoms with Crippen LogP contribution < -0.4 is 0 Å². The molecule has 0 saturated heterocycles. The first-order valence-electron chi connectivity index (χ1n) is 5.84. The molecule has 3 heteroatoms. The SMILES string of the molecule is CC(C)(C)CN(CC(=O)O)C1CCCC1. The van der Waals surface area contributed by atoms with Gasteiger partial charge < -0.3 is 5.11 Å². The van der Waals surface area contributed by atoms with Gasteiger partial charge in [-0.05, 0) is 18.3 Å². The average molecular weight is 213 g/mol. The minimum Gasteiger partial charge on any atom is -0.480 e. The molecule has 1 rings (SSSR count). The number of aliphatic carboxylic acids is 1. The van der Waals surface area contributed by atoms with E-state index in [0.717, 1.165) is 6.54 Å². The van der Waals surface area contributed by atoms with Crippen molar-refractivity contribution in [1.29, 1.82) is 0 Å². The molecule has 1 fully saturated rings. The molecular formula is C12H23NO2. The molecule has 0 amide bonds. The van der Waals surface area contributed by atoms with Crippen LogP contribution in [0.25, 0.3) is 0 Å². The maximum absolute atomic E-state index is 10.8. The smallest absolute Gasteiger partial charge is 0.317 e. The van der Waals surface area contributed by atoms with Crippen molar-refractivity contribution < 1.29 is 9.90 Å². The fraction of sp³-hybridized carbons (Fsp3) is 0.917. The lowest BCUT2D eigenvalue weighted by molar-refractivity contribution is -0.139. The zero-order chi connectivity index (χ0) is 11.5. The van der Waals surface area contributed by atoms with Crippen LogP contribution in [-0.4, -0.2) is 35.1 Å². The highest BCUT2D eigenvalue weighted by atomic mass is 16.4. The standard InChI is InChI=1S/C12H23NO2/c1-12(2,3)9-13(8-11(14)15)10-6-4-5-7-10/h10H,4-9H2,1-3H3,(H,14,15). The lowest BCUT2D eigenvalue weighted by Crippen LogP contribution is -2.42. The first-order valence-corrected chi connectivity index (χ1v) is 5.84. The van der Waals surface area contributed by atoms with Crippen molar-refractivity contribution in [3.05, 3.63) is 0 Å². The van der Waals surface area contributed by atoms with Gasteiger partial charge in [-0.2, -0.15) is 0 Å². The lowest BCUT2D eigenvalue weighted by Gasteiger charge is -2.33. The summed E-state index contributed by atoms with van der Waals surface area (Å²) >= 11 is 0. The molecule has 0 aromatic rings. The zero-order valence-corrected chi connectivity index (χ0v) is 10.1. The number of carboxylic acid groups (broad SMARTS) is 1. The van der Waals surface area contributed by atoms with Crippen molar-refractivity contribution in [2.45, 2.75) is 52.5 Å². The fourth-order valence-electron chi connectivity index (χ4n) is 2.37. The van der Waals surface area contributed by atoms with Crippen LogP contribution in [0.3, 0.4) is 0 Å². The number of carbonyl (C=O) groups is 1. The Morgan fingerprint density at radius 3 is 2.27 bits per heavy atom. The molecule has 1 saturated carbocycles. The molecule has 3 nitrogen and oxygen atoms in total. The molecule has 88 valence electrons. The third-order valence-corrected chi connectivity index (χ3v) is 2.86. The normalized spacial score (nSPS) is 18.7. The lowest BCUT2D eigenvalue weighted by atomic mass is 9.95. The van der Waals surface area contributed by atoms with Crippen molar-refractivity contribution in [3.63, 3.8) is 0 Å². The Labute approximate surface area is 92.5 Å². The first-order chi connectivity index (χ1) is 6.88. The highest BCUT2D eigenvalue weighted by molar-refractivity contribution is 5.69. The van der Waals surface area contributed by atoms with Gasteiger partial charge in [-0.1, -0.05) is 33.6 Å². The number of hydrogen-bond acceptors (Lipinski definition) is 2. The molecule has 0 aromatic heterocycles. The molecule has 0 aliphatic heterocycles. The van der Waals surface area contributed by atoms with Crippen molar-refractivity contribution in [3.8, 4) is 0 Å². The van der Waals surface area contributed by atoms with Crippen molar-refractivity contribution in [2.75, 3.05) is 13.1 Å². The van der Waals surface area contributed by atoms with E-state index in [2.05, 4.69) is 25.7 Å². The Bertz CT molecular complexity index is 214. The first kappa shape index (κ1) is 12.5. The van der Waals surface area contributed by atoms with Crippen LogP contribution >= 0.6 is 0 Å². The minimum absolute atomic E-state index is 0.179. The van der Waals surface area contributed by atoms with Crippen LogP contribution in [0.15, 0.2) is 0 Å². The van der Waals surface area contributed by atoms with Gasteiger partial charge in [-0.3, -0.25) is 9.69 Å². The van der Waals surface area contributed by atoms with Gasteiger partial charge in [-0.25, -0.2) is 0 Å². The molecule has 0 bridgehead atoms. The summed E-state index contributed by atoms with van der Waals surface area (Å²) in [4.78, 5) is 13.0. The summed E-state index contributed by atoms with van der Waals surface area (Å²) in [5, 5.41) is 8.90. The number of hydrogen-bond donors (Lipinski definition) is 1. The maximum Gasteiger partial charge on any atom is 0.317 e. The van der Waals surface area contributed by atoms with Gasteiger partial charge in [0.2, 0.25) is 0 Å². The largest absolute Gasteiger partial charge is 0.480 e. The Balaban J connectivity index is 2.55. The molecule has 0 aromatic carbocycles. The number of carboxylic acids is 1. The van der Waals surface area contributed by atoms with Crippen molar-refractivity contribution in [1.82, 2.24) is 4.90 Å². The van der Waals surface area contributed by atoms with Crippen LogP contribution in [0, 0.1) is 5.41 Å². The van der Waals surface area contributed by atoms with E-state index in [4.69, 9.17) is 5.11 Å². The van der Waals surface area contributed by atoms with Gasteiger partial charge in [0, 0.05) is 12.6 Å². The molecule has 1 N–H and O–H groups in total. The summed E-state index contributed by atoms with van der Waals surface area (Å²) in [5.41, 5.74) is 0.179. The average Bonchev–Trinajstić information content (AvgIpc) is 2.50. The zero-order valence-electron chi connectivity index (χ0n) is 10.1. The van der Waals surface area contributed by atoms with Gasteiger partial charge in [-0.15, -0.1) is 0 Å². The Morgan fingerprint density at radius 1 is 1.33 bits per heavy atom. The van der Waals surface area contributed by atoms with E-state index < -0.39 is 5.97 Å². The van der Waals surface area contributed by atoms with E-state index in [-0.39, 0.29) is 12.0 Å². The predicted octanol–water partition coefficient (Wildman–Crippen LogP) is 2.36. The Morgan fingerprint density at radius 2 is 1.87 bits per heavy atom. The summed E-state index contributed by atoms with van der Waals surface area (Å²) in [6.45, 7) is 7.57. The number of rotatable bonds is 4. The molecule has 0 heterocycles. The third-order valence-electron chi connectivity index (χ3n) is 2.86. The third kappa shape index (κ3) is 4.65. The van der Waals surface area contributed by atoms with E-state index in [1.165, 1.54) is 25.7 Å². The molecule has 0 spiro atoms. The van der Waals surface area contributed by atoms with Gasteiger partial charge in [0.25, 0.3) is 0 Å². The molecule has 0 radical (unpaired) electrons. The minimum atomic E-state index is -0.703. The highest BCUT2D eigenvalue weighted by Gasteiger charge is 2.27. The Hall–Kier alpha value is -0.570. The van der Waals surface area contributed by atoms with Gasteiger partial charge in [0.15, 0.2) is 0 Å². The topological polar surface area (TPSA) is 40.5 Å². The van der Waals surface area contributed by atoms with Gasteiger partial charge in [0.05, 0.1) is 6.54 Å². The summed E-state index contributed by atoms with van der Waals surface area (Å²) in [5.74, 6) is -0.703. The predicted molar refractivity (Wildman–Crippen MR) is 60.9 cm³/mol. The fourth-order valence-corrected chi connectivity index (χ4v) is 2.37. The highest BCUT2D eigenvalue weighted by Crippen LogP contribution is 2.26. The summed E-state index contributed by atoms with van der Waals surface area (Å²) < 4.78 is 0. The van der Waals surface area contributed by atoms with E-state index in [1.54, 1.807) is 0 Å². The number of nitrogens with zero attached hydrogens (tertiary/aromatic N) is 1. The molecule has 1 aliphatic carbocycles. The van der Waals surface area contributed by atoms with E-state index in [1.807, 2.05) is 0 Å². The van der Waals surface area contributed by atoms with Gasteiger partial charge in [0.1, 0.15) is 0 Å². The second kappa shape index (κ2) is 4.97. The summed E-state index contributed by atoms with van der Waals surface area (Å²) in [6.07, 6.45) is 4.85. The van der Waals surface area contributed by atoms with Crippen LogP contribution in [0.4, 0.5) is 0 Å². The van der Waals surface area contributed by atoms with Gasteiger partial charge >= 0.3 is 5.97 Å². The molecule has 0 unspecified atom stereocenters. The monoisotopic (exact) mass is 213 g/mol. The van der Waals surface area contributed by atoms with Crippen LogP contribution in [0.1, 0.15) is 46.5 Å². The van der Waals surface area contributed by atoms with E-state index in [9.17, 15) is 4.79 Å². The summed E-state index contributed by atoms with van der Waals surface area (Å²) in [7, 11) is 0. The van der Waals surface area contributed by atoms with Crippen LogP contribution in [-0.2, 0) is 4.79 Å². The second-order valence-electron chi connectivity index (χ2n) is 5.80. The molecular weight excluding hydrogens is 190 g/mol. The van der Waals surface area contributed by atoms with Crippen LogP contribution in [0.5, 0.6) is 0 Å². The van der Waals surface area contributed by atoms with Crippen molar-refractivity contribution in [2.24, 2.45) is 5.41 Å². The molecule has 0 atom stereocenters. The quantitative estimate of drug-likeness (QED) is 0.779. The Kier molecular flexibility index (Phi) is 4.14. The summed E-state index contributed by atoms with van der Waals surface area (Å²) in [6, 6.07) is 0.500. The molecule has 1 aliphatic rings. The van der Waals surface area contributed by atoms with Crippen molar-refractivity contribution >= 4 is 5.97 Å². The molecule has 15 heavy (non-hydrogen) atoms. The second-order valence-corrected chi connectivity index (χ2v) is 5.80. The van der Waals surface area contributed by atoms with E-state index >= 15 is 0 Å². The maximum atomic E-state index is 10.8.